The molecule has 0 aliphatic heterocycles. The van der Waals surface area contributed by atoms with Gasteiger partial charge in [-0.05, 0) is 25.7 Å². The number of hydrogen-bond donors (Lipinski definition) is 2. The topological polar surface area (TPSA) is 40.5 Å². The Morgan fingerprint density at radius 3 is 1.77 bits per heavy atom. The lowest BCUT2D eigenvalue weighted by molar-refractivity contribution is -0.140. The summed E-state index contributed by atoms with van der Waals surface area (Å²) in [6.45, 7) is -0.0347. The minimum atomic E-state index is -0.748. The number of hydrogen-bond acceptors (Lipinski definition) is 2. The van der Waals surface area contributed by atoms with Crippen LogP contribution in [-0.2, 0) is 0 Å². The molecular weight excluding hydrogens is 164 g/mol. The predicted molar refractivity (Wildman–Crippen MR) is 51.4 cm³/mol. The van der Waals surface area contributed by atoms with Gasteiger partial charge in [0.05, 0.1) is 12.2 Å². The standard InChI is InChI=1S/C11H20O2/c12-9-11(13)8-4-3-7-10(11)5-1-2-6-10/h12-13H,1-9H2. The van der Waals surface area contributed by atoms with Gasteiger partial charge in [0.1, 0.15) is 0 Å². The molecule has 2 saturated carbocycles. The predicted octanol–water partition coefficient (Wildman–Crippen LogP) is 1.84. The van der Waals surface area contributed by atoms with Gasteiger partial charge in [0, 0.05) is 5.41 Å². The molecule has 1 atom stereocenters. The molecule has 2 heteroatoms. The molecule has 0 aromatic carbocycles. The van der Waals surface area contributed by atoms with Gasteiger partial charge in [-0.3, -0.25) is 0 Å². The van der Waals surface area contributed by atoms with Crippen LogP contribution in [-0.4, -0.2) is 22.4 Å². The van der Waals surface area contributed by atoms with Crippen LogP contribution in [0.4, 0.5) is 0 Å². The quantitative estimate of drug-likeness (QED) is 0.653. The molecule has 0 bridgehead atoms. The third-order valence-corrected chi connectivity index (χ3v) is 4.31. The first-order valence-electron chi connectivity index (χ1n) is 5.56. The van der Waals surface area contributed by atoms with Crippen molar-refractivity contribution in [2.45, 2.75) is 57.0 Å². The van der Waals surface area contributed by atoms with Crippen molar-refractivity contribution in [1.29, 1.82) is 0 Å². The summed E-state index contributed by atoms with van der Waals surface area (Å²) in [6, 6.07) is 0. The van der Waals surface area contributed by atoms with Crippen LogP contribution in [0.25, 0.3) is 0 Å². The highest BCUT2D eigenvalue weighted by molar-refractivity contribution is 5.03. The second kappa shape index (κ2) is 3.25. The van der Waals surface area contributed by atoms with Crippen molar-refractivity contribution < 1.29 is 10.2 Å². The molecule has 2 fully saturated rings. The van der Waals surface area contributed by atoms with Gasteiger partial charge in [0.25, 0.3) is 0 Å². The Hall–Kier alpha value is -0.0800. The van der Waals surface area contributed by atoms with Crippen LogP contribution in [0.5, 0.6) is 0 Å². The van der Waals surface area contributed by atoms with E-state index in [-0.39, 0.29) is 12.0 Å². The van der Waals surface area contributed by atoms with Crippen LogP contribution < -0.4 is 0 Å². The van der Waals surface area contributed by atoms with E-state index in [0.29, 0.717) is 0 Å². The molecule has 2 rings (SSSR count). The zero-order valence-electron chi connectivity index (χ0n) is 8.26. The molecule has 0 radical (unpaired) electrons. The molecule has 1 unspecified atom stereocenters. The highest BCUT2D eigenvalue weighted by atomic mass is 16.3. The Labute approximate surface area is 80.0 Å². The Bertz CT molecular complexity index is 185. The molecule has 2 N–H and O–H groups in total. The van der Waals surface area contributed by atoms with Crippen LogP contribution in [0.15, 0.2) is 0 Å². The van der Waals surface area contributed by atoms with E-state index in [1.54, 1.807) is 0 Å². The fourth-order valence-electron chi connectivity index (χ4n) is 3.39. The van der Waals surface area contributed by atoms with E-state index in [1.807, 2.05) is 0 Å². The Morgan fingerprint density at radius 1 is 0.846 bits per heavy atom. The van der Waals surface area contributed by atoms with Gasteiger partial charge in [-0.15, -0.1) is 0 Å². The van der Waals surface area contributed by atoms with Gasteiger partial charge in [-0.2, -0.15) is 0 Å². The van der Waals surface area contributed by atoms with E-state index in [4.69, 9.17) is 0 Å². The van der Waals surface area contributed by atoms with E-state index < -0.39 is 5.60 Å². The monoisotopic (exact) mass is 184 g/mol. The number of aliphatic hydroxyl groups excluding tert-OH is 1. The molecule has 0 amide bonds. The average Bonchev–Trinajstić information content (AvgIpc) is 2.61. The highest BCUT2D eigenvalue weighted by Gasteiger charge is 2.52. The molecule has 0 heterocycles. The third-order valence-electron chi connectivity index (χ3n) is 4.31. The van der Waals surface area contributed by atoms with Crippen LogP contribution in [0, 0.1) is 5.41 Å². The van der Waals surface area contributed by atoms with Crippen LogP contribution in [0.1, 0.15) is 51.4 Å². The van der Waals surface area contributed by atoms with Crippen molar-refractivity contribution in [3.05, 3.63) is 0 Å². The molecule has 2 nitrogen and oxygen atoms in total. The molecule has 76 valence electrons. The van der Waals surface area contributed by atoms with E-state index >= 15 is 0 Å². The maximum absolute atomic E-state index is 10.4. The van der Waals surface area contributed by atoms with Crippen LogP contribution >= 0.6 is 0 Å². The van der Waals surface area contributed by atoms with Crippen molar-refractivity contribution >= 4 is 0 Å². The molecule has 1 spiro atoms. The molecule has 0 aromatic heterocycles. The van der Waals surface area contributed by atoms with Crippen molar-refractivity contribution in [3.63, 3.8) is 0 Å². The first-order valence-corrected chi connectivity index (χ1v) is 5.56. The van der Waals surface area contributed by atoms with Gasteiger partial charge in [-0.1, -0.05) is 25.7 Å². The largest absolute Gasteiger partial charge is 0.393 e. The van der Waals surface area contributed by atoms with Gasteiger partial charge in [0.2, 0.25) is 0 Å². The van der Waals surface area contributed by atoms with Crippen molar-refractivity contribution in [3.8, 4) is 0 Å². The summed E-state index contributed by atoms with van der Waals surface area (Å²) in [5.74, 6) is 0. The van der Waals surface area contributed by atoms with E-state index in [2.05, 4.69) is 0 Å². The molecule has 2 aliphatic rings. The maximum atomic E-state index is 10.4. The summed E-state index contributed by atoms with van der Waals surface area (Å²) in [4.78, 5) is 0. The van der Waals surface area contributed by atoms with Gasteiger partial charge >= 0.3 is 0 Å². The minimum absolute atomic E-state index is 0.0347. The number of rotatable bonds is 1. The van der Waals surface area contributed by atoms with E-state index in [1.165, 1.54) is 19.3 Å². The third kappa shape index (κ3) is 1.31. The fraction of sp³-hybridized carbons (Fsp3) is 1.00. The van der Waals surface area contributed by atoms with Crippen LogP contribution in [0.2, 0.25) is 0 Å². The summed E-state index contributed by atoms with van der Waals surface area (Å²) < 4.78 is 0. The highest BCUT2D eigenvalue weighted by Crippen LogP contribution is 2.54. The molecule has 2 aliphatic carbocycles. The Morgan fingerprint density at radius 2 is 1.31 bits per heavy atom. The van der Waals surface area contributed by atoms with E-state index in [0.717, 1.165) is 32.1 Å². The smallest absolute Gasteiger partial charge is 0.0933 e. The van der Waals surface area contributed by atoms with Crippen molar-refractivity contribution in [2.75, 3.05) is 6.61 Å². The van der Waals surface area contributed by atoms with Crippen molar-refractivity contribution in [1.82, 2.24) is 0 Å². The Kier molecular flexibility index (Phi) is 2.37. The number of aliphatic hydroxyl groups is 2. The van der Waals surface area contributed by atoms with Gasteiger partial charge < -0.3 is 10.2 Å². The summed E-state index contributed by atoms with van der Waals surface area (Å²) in [6.07, 6.45) is 8.99. The molecular formula is C11H20O2. The zero-order valence-corrected chi connectivity index (χ0v) is 8.26. The average molecular weight is 184 g/mol. The Balaban J connectivity index is 2.21. The SMILES string of the molecule is OCC1(O)CCCCC12CCCC2. The maximum Gasteiger partial charge on any atom is 0.0933 e. The normalized spacial score (nSPS) is 38.3. The van der Waals surface area contributed by atoms with Crippen LogP contribution in [0.3, 0.4) is 0 Å². The zero-order chi connectivity index (χ0) is 9.36. The second-order valence-electron chi connectivity index (χ2n) is 4.88. The van der Waals surface area contributed by atoms with Gasteiger partial charge in [0.15, 0.2) is 0 Å². The summed E-state index contributed by atoms with van der Waals surface area (Å²) in [5, 5.41) is 19.7. The molecule has 13 heavy (non-hydrogen) atoms. The fourth-order valence-corrected chi connectivity index (χ4v) is 3.39. The second-order valence-corrected chi connectivity index (χ2v) is 4.88. The van der Waals surface area contributed by atoms with Crippen molar-refractivity contribution in [2.24, 2.45) is 5.41 Å². The molecule has 0 aromatic rings. The summed E-state index contributed by atoms with van der Waals surface area (Å²) >= 11 is 0. The first-order chi connectivity index (χ1) is 6.22. The first kappa shape index (κ1) is 9.47. The summed E-state index contributed by atoms with van der Waals surface area (Å²) in [7, 11) is 0. The molecule has 0 saturated heterocycles. The lowest BCUT2D eigenvalue weighted by atomic mass is 9.62. The van der Waals surface area contributed by atoms with E-state index in [9.17, 15) is 10.2 Å². The lowest BCUT2D eigenvalue weighted by Gasteiger charge is -2.47. The minimum Gasteiger partial charge on any atom is -0.393 e. The van der Waals surface area contributed by atoms with Gasteiger partial charge in [-0.25, -0.2) is 0 Å². The lowest BCUT2D eigenvalue weighted by Crippen LogP contribution is -2.51. The summed E-state index contributed by atoms with van der Waals surface area (Å²) in [5.41, 5.74) is -0.665.